The van der Waals surface area contributed by atoms with Crippen LogP contribution in [0.25, 0.3) is 5.82 Å². The van der Waals surface area contributed by atoms with E-state index in [1.54, 1.807) is 25.1 Å². The minimum absolute atomic E-state index is 0.0649. The molecule has 2 aromatic heterocycles. The fourth-order valence-electron chi connectivity index (χ4n) is 2.66. The molecule has 0 spiro atoms. The van der Waals surface area contributed by atoms with Gasteiger partial charge in [-0.2, -0.15) is 9.78 Å². The number of allylic oxidation sites excluding steroid dienone is 1. The lowest BCUT2D eigenvalue weighted by Gasteiger charge is -2.12. The summed E-state index contributed by atoms with van der Waals surface area (Å²) in [4.78, 5) is 27.3. The molecule has 1 aliphatic heterocycles. The minimum atomic E-state index is -1.17. The number of nitrogens with one attached hydrogen (secondary N) is 1. The van der Waals surface area contributed by atoms with Crippen LogP contribution in [0.1, 0.15) is 23.6 Å². The molecule has 8 nitrogen and oxygen atoms in total. The maximum absolute atomic E-state index is 11.6. The first kappa shape index (κ1) is 16.2. The molecule has 2 aromatic rings. The monoisotopic (exact) mass is 392 g/mol. The van der Waals surface area contributed by atoms with Crippen molar-refractivity contribution in [2.24, 2.45) is 0 Å². The molecule has 0 saturated carbocycles. The number of aryl methyl sites for hydroxylation is 1. The number of fused-ring (bicyclic) bond motifs is 1. The number of carboxylic acids is 2. The lowest BCUT2D eigenvalue weighted by atomic mass is 9.96. The zero-order valence-corrected chi connectivity index (χ0v) is 14.1. The second kappa shape index (κ2) is 6.08. The van der Waals surface area contributed by atoms with Crippen LogP contribution in [0.2, 0.25) is 0 Å². The van der Waals surface area contributed by atoms with Crippen LogP contribution in [0.15, 0.2) is 34.6 Å². The Balaban J connectivity index is 2.23. The molecule has 0 aromatic carbocycles. The zero-order valence-electron chi connectivity index (χ0n) is 12.5. The number of pyridine rings is 1. The highest BCUT2D eigenvalue weighted by molar-refractivity contribution is 9.10. The highest BCUT2D eigenvalue weighted by Crippen LogP contribution is 2.36. The first-order valence-electron chi connectivity index (χ1n) is 7.04. The number of carbonyl (C=O) groups is 2. The summed E-state index contributed by atoms with van der Waals surface area (Å²) in [6, 6.07) is 5.20. The third kappa shape index (κ3) is 2.78. The number of hydrogen-bond donors (Lipinski definition) is 3. The van der Waals surface area contributed by atoms with Crippen LogP contribution in [0.4, 0.5) is 5.82 Å². The van der Waals surface area contributed by atoms with Crippen molar-refractivity contribution >= 4 is 33.7 Å². The fourth-order valence-corrected chi connectivity index (χ4v) is 2.99. The van der Waals surface area contributed by atoms with Crippen molar-refractivity contribution in [1.82, 2.24) is 14.8 Å². The number of rotatable bonds is 3. The van der Waals surface area contributed by atoms with E-state index in [1.807, 2.05) is 0 Å². The van der Waals surface area contributed by atoms with Crippen LogP contribution < -0.4 is 5.32 Å². The molecule has 24 heavy (non-hydrogen) atoms. The van der Waals surface area contributed by atoms with Gasteiger partial charge in [0.05, 0.1) is 11.6 Å². The Kier molecular flexibility index (Phi) is 4.10. The molecule has 0 amide bonds. The highest BCUT2D eigenvalue weighted by atomic mass is 79.9. The van der Waals surface area contributed by atoms with Crippen molar-refractivity contribution in [2.75, 3.05) is 5.32 Å². The number of hydrogen-bond acceptors (Lipinski definition) is 5. The van der Waals surface area contributed by atoms with E-state index in [0.29, 0.717) is 27.5 Å². The maximum Gasteiger partial charge on any atom is 0.352 e. The summed E-state index contributed by atoms with van der Waals surface area (Å²) in [5.41, 5.74) is 0.875. The van der Waals surface area contributed by atoms with Crippen LogP contribution in [0, 0.1) is 6.92 Å². The van der Waals surface area contributed by atoms with Gasteiger partial charge in [0.1, 0.15) is 16.1 Å². The highest BCUT2D eigenvalue weighted by Gasteiger charge is 2.32. The van der Waals surface area contributed by atoms with Gasteiger partial charge in [0.15, 0.2) is 5.82 Å². The summed E-state index contributed by atoms with van der Waals surface area (Å²) >= 11 is 3.28. The Hall–Kier alpha value is -2.68. The molecule has 0 aliphatic carbocycles. The Labute approximate surface area is 145 Å². The third-order valence-corrected chi connectivity index (χ3v) is 4.15. The smallest absolute Gasteiger partial charge is 0.352 e. The molecule has 124 valence electrons. The minimum Gasteiger partial charge on any atom is -0.481 e. The van der Waals surface area contributed by atoms with Crippen LogP contribution in [0.5, 0.6) is 0 Å². The SMILES string of the molecule is Cc1nn(-c2cccc(Br)n2)c2c1C(C(=O)O)CC=C(C(=O)O)N2. The van der Waals surface area contributed by atoms with E-state index >= 15 is 0 Å². The van der Waals surface area contributed by atoms with E-state index in [-0.39, 0.29) is 12.1 Å². The predicted molar refractivity (Wildman–Crippen MR) is 88.1 cm³/mol. The van der Waals surface area contributed by atoms with Crippen LogP contribution in [0.3, 0.4) is 0 Å². The topological polar surface area (TPSA) is 117 Å². The van der Waals surface area contributed by atoms with Gasteiger partial charge in [0.2, 0.25) is 0 Å². The van der Waals surface area contributed by atoms with Gasteiger partial charge in [0, 0.05) is 5.56 Å². The molecule has 0 bridgehead atoms. The molecular weight excluding hydrogens is 380 g/mol. The summed E-state index contributed by atoms with van der Waals surface area (Å²) in [6.07, 6.45) is 1.44. The Morgan fingerprint density at radius 2 is 2.12 bits per heavy atom. The van der Waals surface area contributed by atoms with E-state index in [1.165, 1.54) is 10.8 Å². The molecule has 3 heterocycles. The van der Waals surface area contributed by atoms with Gasteiger partial charge in [0.25, 0.3) is 0 Å². The first-order chi connectivity index (χ1) is 11.4. The second-order valence-electron chi connectivity index (χ2n) is 5.25. The van der Waals surface area contributed by atoms with Crippen molar-refractivity contribution in [3.05, 3.63) is 45.8 Å². The average molecular weight is 393 g/mol. The maximum atomic E-state index is 11.6. The number of nitrogens with zero attached hydrogens (tertiary/aromatic N) is 3. The number of carboxylic acid groups (broad SMARTS) is 2. The van der Waals surface area contributed by atoms with Gasteiger partial charge >= 0.3 is 11.9 Å². The molecule has 1 atom stereocenters. The summed E-state index contributed by atoms with van der Waals surface area (Å²) in [6.45, 7) is 1.69. The Morgan fingerprint density at radius 3 is 2.75 bits per heavy atom. The van der Waals surface area contributed by atoms with E-state index < -0.39 is 17.9 Å². The first-order valence-corrected chi connectivity index (χ1v) is 7.83. The Morgan fingerprint density at radius 1 is 1.38 bits per heavy atom. The predicted octanol–water partition coefficient (Wildman–Crippen LogP) is 2.29. The number of anilines is 1. The van der Waals surface area contributed by atoms with E-state index in [4.69, 9.17) is 0 Å². The van der Waals surface area contributed by atoms with E-state index in [9.17, 15) is 19.8 Å². The van der Waals surface area contributed by atoms with E-state index in [0.717, 1.165) is 0 Å². The van der Waals surface area contributed by atoms with Gasteiger partial charge in [-0.1, -0.05) is 12.1 Å². The molecule has 0 radical (unpaired) electrons. The number of aromatic nitrogens is 3. The molecule has 0 saturated heterocycles. The quantitative estimate of drug-likeness (QED) is 0.685. The van der Waals surface area contributed by atoms with Gasteiger partial charge in [-0.25, -0.2) is 9.78 Å². The summed E-state index contributed by atoms with van der Waals surface area (Å²) in [7, 11) is 0. The standard InChI is InChI=1S/C15H13BrN4O4/c1-7-12-8(14(21)22)5-6-9(15(23)24)17-13(12)20(19-7)11-4-2-3-10(16)18-11/h2-4,6,8,17H,5H2,1H3,(H,21,22)(H,23,24). The van der Waals surface area contributed by atoms with Gasteiger partial charge in [-0.15, -0.1) is 0 Å². The summed E-state index contributed by atoms with van der Waals surface area (Å²) in [5, 5.41) is 26.0. The Bertz CT molecular complexity index is 874. The van der Waals surface area contributed by atoms with E-state index in [2.05, 4.69) is 31.3 Å². The van der Waals surface area contributed by atoms with Gasteiger partial charge in [-0.3, -0.25) is 4.79 Å². The lowest BCUT2D eigenvalue weighted by molar-refractivity contribution is -0.139. The number of halogens is 1. The molecule has 3 N–H and O–H groups in total. The average Bonchev–Trinajstić information content (AvgIpc) is 2.71. The van der Waals surface area contributed by atoms with Crippen LogP contribution in [-0.4, -0.2) is 36.9 Å². The van der Waals surface area contributed by atoms with Crippen LogP contribution in [-0.2, 0) is 9.59 Å². The molecule has 1 aliphatic rings. The summed E-state index contributed by atoms with van der Waals surface area (Å²) in [5.74, 6) is -2.34. The van der Waals surface area contributed by atoms with Crippen LogP contribution >= 0.6 is 15.9 Å². The van der Waals surface area contributed by atoms with Crippen molar-refractivity contribution in [1.29, 1.82) is 0 Å². The molecule has 0 fully saturated rings. The number of aliphatic carboxylic acids is 2. The fraction of sp³-hybridized carbons (Fsp3) is 0.200. The molecule has 1 unspecified atom stereocenters. The van der Waals surface area contributed by atoms with Gasteiger partial charge in [-0.05, 0) is 41.4 Å². The normalized spacial score (nSPS) is 16.6. The van der Waals surface area contributed by atoms with Crippen molar-refractivity contribution < 1.29 is 19.8 Å². The molecule has 9 heteroatoms. The zero-order chi connectivity index (χ0) is 17.4. The molecule has 3 rings (SSSR count). The van der Waals surface area contributed by atoms with Crippen molar-refractivity contribution in [2.45, 2.75) is 19.3 Å². The lowest BCUT2D eigenvalue weighted by Crippen LogP contribution is -2.14. The van der Waals surface area contributed by atoms with Gasteiger partial charge < -0.3 is 15.5 Å². The molecular formula is C15H13BrN4O4. The van der Waals surface area contributed by atoms with Crippen molar-refractivity contribution in [3.63, 3.8) is 0 Å². The van der Waals surface area contributed by atoms with Crippen molar-refractivity contribution in [3.8, 4) is 5.82 Å². The second-order valence-corrected chi connectivity index (χ2v) is 6.06. The summed E-state index contributed by atoms with van der Waals surface area (Å²) < 4.78 is 2.01. The largest absolute Gasteiger partial charge is 0.481 e. The third-order valence-electron chi connectivity index (χ3n) is 3.71.